The van der Waals surface area contributed by atoms with E-state index >= 15 is 0 Å². The van der Waals surface area contributed by atoms with Crippen LogP contribution in [-0.2, 0) is 0 Å². The van der Waals surface area contributed by atoms with E-state index in [1.807, 2.05) is 0 Å². The minimum atomic E-state index is -2.90. The highest BCUT2D eigenvalue weighted by atomic mass is 35.5. The van der Waals surface area contributed by atoms with Gasteiger partial charge in [0.25, 0.3) is 5.91 Å². The molecule has 0 aliphatic heterocycles. The van der Waals surface area contributed by atoms with Crippen molar-refractivity contribution in [3.05, 3.63) is 63.9 Å². The Bertz CT molecular complexity index is 957. The van der Waals surface area contributed by atoms with Crippen LogP contribution >= 0.6 is 23.2 Å². The summed E-state index contributed by atoms with van der Waals surface area (Å²) in [7, 11) is 0. The average molecular weight is 413 g/mol. The van der Waals surface area contributed by atoms with Crippen molar-refractivity contribution in [3.8, 4) is 11.4 Å². The number of rotatable bonds is 5. The Labute approximate surface area is 162 Å². The van der Waals surface area contributed by atoms with Crippen LogP contribution in [0.2, 0.25) is 10.0 Å². The van der Waals surface area contributed by atoms with Gasteiger partial charge in [0.2, 0.25) is 0 Å². The Kier molecular flexibility index (Phi) is 5.57. The number of amides is 1. The zero-order valence-corrected chi connectivity index (χ0v) is 15.3. The summed E-state index contributed by atoms with van der Waals surface area (Å²) in [6, 6.07) is 10.4. The number of carbonyl (C=O) groups is 1. The van der Waals surface area contributed by atoms with Gasteiger partial charge in [0.15, 0.2) is 5.69 Å². The largest absolute Gasteiger partial charge is 0.435 e. The minimum absolute atomic E-state index is 0.0160. The topological polar surface area (TPSA) is 69.0 Å². The Hall–Kier alpha value is -2.71. The molecule has 1 aromatic heterocycles. The highest BCUT2D eigenvalue weighted by molar-refractivity contribution is 6.35. The van der Waals surface area contributed by atoms with E-state index in [-0.39, 0.29) is 11.4 Å². The second-order valence-electron chi connectivity index (χ2n) is 5.42. The van der Waals surface area contributed by atoms with Gasteiger partial charge in [-0.15, -0.1) is 5.10 Å². The van der Waals surface area contributed by atoms with Crippen molar-refractivity contribution in [2.24, 2.45) is 0 Å². The van der Waals surface area contributed by atoms with Crippen LogP contribution in [0.25, 0.3) is 5.69 Å². The lowest BCUT2D eigenvalue weighted by atomic mass is 10.2. The fourth-order valence-corrected chi connectivity index (χ4v) is 2.90. The van der Waals surface area contributed by atoms with Gasteiger partial charge in [-0.05, 0) is 49.4 Å². The first-order valence-electron chi connectivity index (χ1n) is 7.58. The maximum absolute atomic E-state index is 12.5. The fourth-order valence-electron chi connectivity index (χ4n) is 2.37. The lowest BCUT2D eigenvalue weighted by Gasteiger charge is -2.07. The number of nitrogens with zero attached hydrogens (tertiary/aromatic N) is 3. The van der Waals surface area contributed by atoms with Gasteiger partial charge in [-0.1, -0.05) is 28.4 Å². The summed E-state index contributed by atoms with van der Waals surface area (Å²) >= 11 is 11.8. The Morgan fingerprint density at radius 1 is 1.15 bits per heavy atom. The average Bonchev–Trinajstić information content (AvgIpc) is 2.96. The van der Waals surface area contributed by atoms with E-state index in [0.717, 1.165) is 0 Å². The van der Waals surface area contributed by atoms with Gasteiger partial charge in [-0.2, -0.15) is 8.78 Å². The zero-order chi connectivity index (χ0) is 19.6. The third kappa shape index (κ3) is 4.53. The van der Waals surface area contributed by atoms with E-state index < -0.39 is 12.5 Å². The Balaban J connectivity index is 1.81. The van der Waals surface area contributed by atoms with Crippen molar-refractivity contribution in [1.29, 1.82) is 0 Å². The van der Waals surface area contributed by atoms with E-state index in [0.29, 0.717) is 27.1 Å². The number of aromatic nitrogens is 3. The van der Waals surface area contributed by atoms with Crippen molar-refractivity contribution in [3.63, 3.8) is 0 Å². The Morgan fingerprint density at radius 3 is 2.37 bits per heavy atom. The van der Waals surface area contributed by atoms with Crippen LogP contribution in [-0.4, -0.2) is 27.5 Å². The van der Waals surface area contributed by atoms with Crippen LogP contribution in [0.5, 0.6) is 5.75 Å². The number of ether oxygens (including phenoxy) is 1. The van der Waals surface area contributed by atoms with Crippen molar-refractivity contribution < 1.29 is 18.3 Å². The number of carbonyl (C=O) groups excluding carboxylic acids is 1. The van der Waals surface area contributed by atoms with Crippen LogP contribution in [0.4, 0.5) is 14.5 Å². The second kappa shape index (κ2) is 7.89. The van der Waals surface area contributed by atoms with Crippen LogP contribution in [0.15, 0.2) is 42.5 Å². The number of alkyl halides is 2. The molecule has 0 spiro atoms. The lowest BCUT2D eigenvalue weighted by Crippen LogP contribution is -2.14. The maximum Gasteiger partial charge on any atom is 0.387 e. The first-order chi connectivity index (χ1) is 12.8. The molecule has 0 unspecified atom stereocenters. The summed E-state index contributed by atoms with van der Waals surface area (Å²) in [4.78, 5) is 12.5. The molecule has 0 fully saturated rings. The third-order valence-corrected chi connectivity index (χ3v) is 3.97. The van der Waals surface area contributed by atoms with Crippen molar-refractivity contribution in [2.75, 3.05) is 5.32 Å². The number of anilines is 1. The van der Waals surface area contributed by atoms with Gasteiger partial charge in [0.1, 0.15) is 5.75 Å². The predicted molar refractivity (Wildman–Crippen MR) is 97.1 cm³/mol. The molecule has 0 aliphatic carbocycles. The molecule has 0 atom stereocenters. The number of hydrogen-bond acceptors (Lipinski definition) is 4. The van der Waals surface area contributed by atoms with Crippen LogP contribution in [0.3, 0.4) is 0 Å². The summed E-state index contributed by atoms with van der Waals surface area (Å²) < 4.78 is 30.1. The van der Waals surface area contributed by atoms with E-state index in [2.05, 4.69) is 20.4 Å². The quantitative estimate of drug-likeness (QED) is 0.657. The lowest BCUT2D eigenvalue weighted by molar-refractivity contribution is -0.0498. The molecule has 1 N–H and O–H groups in total. The molecular formula is C17H12Cl2F2N4O2. The zero-order valence-electron chi connectivity index (χ0n) is 13.8. The van der Waals surface area contributed by atoms with E-state index in [4.69, 9.17) is 23.2 Å². The van der Waals surface area contributed by atoms with Gasteiger partial charge >= 0.3 is 6.61 Å². The van der Waals surface area contributed by atoms with Gasteiger partial charge in [-0.25, -0.2) is 4.68 Å². The van der Waals surface area contributed by atoms with Gasteiger partial charge < -0.3 is 10.1 Å². The molecule has 140 valence electrons. The van der Waals surface area contributed by atoms with Crippen molar-refractivity contribution in [1.82, 2.24) is 15.0 Å². The van der Waals surface area contributed by atoms with Gasteiger partial charge in [0.05, 0.1) is 11.4 Å². The molecule has 3 rings (SSSR count). The summed E-state index contributed by atoms with van der Waals surface area (Å²) in [6.45, 7) is -1.25. The molecule has 3 aromatic rings. The second-order valence-corrected chi connectivity index (χ2v) is 6.29. The first kappa shape index (κ1) is 19.1. The van der Waals surface area contributed by atoms with Gasteiger partial charge in [-0.3, -0.25) is 4.79 Å². The highest BCUT2D eigenvalue weighted by Crippen LogP contribution is 2.23. The molecule has 0 saturated carbocycles. The molecule has 0 saturated heterocycles. The normalized spacial score (nSPS) is 10.9. The molecule has 6 nitrogen and oxygen atoms in total. The summed E-state index contributed by atoms with van der Waals surface area (Å²) in [5, 5.41) is 11.2. The van der Waals surface area contributed by atoms with Gasteiger partial charge in [0, 0.05) is 15.7 Å². The van der Waals surface area contributed by atoms with Crippen LogP contribution in [0.1, 0.15) is 16.2 Å². The molecule has 0 aliphatic rings. The summed E-state index contributed by atoms with van der Waals surface area (Å²) in [5.74, 6) is -0.475. The monoisotopic (exact) mass is 412 g/mol. The number of benzene rings is 2. The van der Waals surface area contributed by atoms with Crippen molar-refractivity contribution in [2.45, 2.75) is 13.5 Å². The van der Waals surface area contributed by atoms with E-state index in [9.17, 15) is 13.6 Å². The molecule has 1 amide bonds. The standard InChI is InChI=1S/C17H12Cl2F2N4O2/c1-9-15(16(26)22-12-7-10(18)6-11(19)8-12)23-24-25(9)13-2-4-14(5-3-13)27-17(20)21/h2-8,17H,1H3,(H,22,26). The minimum Gasteiger partial charge on any atom is -0.435 e. The number of nitrogens with one attached hydrogen (secondary N) is 1. The predicted octanol–water partition coefficient (Wildman–Crippen LogP) is 4.74. The number of hydrogen-bond donors (Lipinski definition) is 1. The van der Waals surface area contributed by atoms with Crippen molar-refractivity contribution >= 4 is 34.8 Å². The Morgan fingerprint density at radius 2 is 1.78 bits per heavy atom. The molecule has 27 heavy (non-hydrogen) atoms. The van der Waals surface area contributed by atoms with Crippen LogP contribution in [0, 0.1) is 6.92 Å². The summed E-state index contributed by atoms with van der Waals surface area (Å²) in [5.41, 5.74) is 1.51. The molecule has 10 heteroatoms. The maximum atomic E-state index is 12.5. The SMILES string of the molecule is Cc1c(C(=O)Nc2cc(Cl)cc(Cl)c2)nnn1-c1ccc(OC(F)F)cc1. The molecular weight excluding hydrogens is 401 g/mol. The fraction of sp³-hybridized carbons (Fsp3) is 0.118. The molecule has 0 bridgehead atoms. The number of halogens is 4. The third-order valence-electron chi connectivity index (χ3n) is 3.54. The van der Waals surface area contributed by atoms with E-state index in [1.54, 1.807) is 25.1 Å². The highest BCUT2D eigenvalue weighted by Gasteiger charge is 2.18. The van der Waals surface area contributed by atoms with Crippen LogP contribution < -0.4 is 10.1 Å². The molecule has 0 radical (unpaired) electrons. The molecule has 2 aromatic carbocycles. The summed E-state index contributed by atoms with van der Waals surface area (Å²) in [6.07, 6.45) is 0. The molecule has 1 heterocycles. The smallest absolute Gasteiger partial charge is 0.387 e. The van der Waals surface area contributed by atoms with E-state index in [1.165, 1.54) is 28.9 Å². The first-order valence-corrected chi connectivity index (χ1v) is 8.34.